The third kappa shape index (κ3) is 3.34. The van der Waals surface area contributed by atoms with Gasteiger partial charge in [0.25, 0.3) is 0 Å². The predicted octanol–water partition coefficient (Wildman–Crippen LogP) is 1.83. The molecule has 0 radical (unpaired) electrons. The second-order valence-electron chi connectivity index (χ2n) is 5.38. The summed E-state index contributed by atoms with van der Waals surface area (Å²) >= 11 is 0. The Morgan fingerprint density at radius 3 is 2.95 bits per heavy atom. The summed E-state index contributed by atoms with van der Waals surface area (Å²) in [6.07, 6.45) is 3.59. The number of methoxy groups -OCH3 is 1. The van der Waals surface area contributed by atoms with Crippen LogP contribution >= 0.6 is 0 Å². The molecule has 0 unspecified atom stereocenters. The van der Waals surface area contributed by atoms with Gasteiger partial charge in [-0.15, -0.1) is 0 Å². The van der Waals surface area contributed by atoms with E-state index in [0.29, 0.717) is 13.0 Å². The van der Waals surface area contributed by atoms with Crippen LogP contribution in [0.4, 0.5) is 0 Å². The topological polar surface area (TPSA) is 61.8 Å². The number of carbonyl (C=O) groups excluding carboxylic acids is 2. The van der Waals surface area contributed by atoms with E-state index in [-0.39, 0.29) is 30.2 Å². The van der Waals surface area contributed by atoms with Gasteiger partial charge in [0.05, 0.1) is 32.7 Å². The summed E-state index contributed by atoms with van der Waals surface area (Å²) in [5.74, 6) is -0.863. The molecule has 2 saturated heterocycles. The molecule has 2 heterocycles. The monoisotopic (exact) mass is 270 g/mol. The number of carbonyl (C=O) groups is 2. The molecule has 0 aromatic heterocycles. The van der Waals surface area contributed by atoms with Crippen LogP contribution in [0.2, 0.25) is 0 Å². The normalized spacial score (nSPS) is 35.4. The fraction of sp³-hybridized carbons (Fsp3) is 0.857. The van der Waals surface area contributed by atoms with Crippen LogP contribution in [0.25, 0.3) is 0 Å². The van der Waals surface area contributed by atoms with Gasteiger partial charge in [0.1, 0.15) is 5.78 Å². The van der Waals surface area contributed by atoms with E-state index < -0.39 is 5.79 Å². The van der Waals surface area contributed by atoms with Crippen LogP contribution in [-0.2, 0) is 23.8 Å². The number of esters is 1. The minimum Gasteiger partial charge on any atom is -0.469 e. The lowest BCUT2D eigenvalue weighted by Crippen LogP contribution is -2.50. The molecule has 0 aromatic carbocycles. The van der Waals surface area contributed by atoms with Crippen molar-refractivity contribution in [1.82, 2.24) is 0 Å². The summed E-state index contributed by atoms with van der Waals surface area (Å²) in [6, 6.07) is 0. The summed E-state index contributed by atoms with van der Waals surface area (Å²) in [5.41, 5.74) is 0. The van der Waals surface area contributed by atoms with Crippen LogP contribution < -0.4 is 0 Å². The molecule has 2 fully saturated rings. The van der Waals surface area contributed by atoms with E-state index in [1.807, 2.05) is 6.92 Å². The standard InChI is InChI=1S/C14H22O5/c1-3-10-9-18-14(8-12(10)15)6-4-5-11(19-14)7-13(16)17-2/h10-11H,3-9H2,1-2H3/t10-,11+,14-/m1/s1. The maximum Gasteiger partial charge on any atom is 0.308 e. The van der Waals surface area contributed by atoms with Gasteiger partial charge in [0.15, 0.2) is 5.79 Å². The van der Waals surface area contributed by atoms with Gasteiger partial charge in [-0.05, 0) is 19.3 Å². The smallest absolute Gasteiger partial charge is 0.308 e. The lowest BCUT2D eigenvalue weighted by atomic mass is 9.88. The summed E-state index contributed by atoms with van der Waals surface area (Å²) in [7, 11) is 1.37. The zero-order valence-corrected chi connectivity index (χ0v) is 11.6. The van der Waals surface area contributed by atoms with Crippen molar-refractivity contribution >= 4 is 11.8 Å². The van der Waals surface area contributed by atoms with Crippen molar-refractivity contribution < 1.29 is 23.8 Å². The fourth-order valence-corrected chi connectivity index (χ4v) is 2.82. The van der Waals surface area contributed by atoms with Gasteiger partial charge in [-0.1, -0.05) is 6.92 Å². The molecule has 2 aliphatic rings. The first kappa shape index (κ1) is 14.5. The lowest BCUT2D eigenvalue weighted by molar-refractivity contribution is -0.293. The SMILES string of the molecule is CC[C@@H]1CO[C@@]2(CCC[C@@H](CC(=O)OC)O2)CC1=O. The zero-order chi connectivity index (χ0) is 13.9. The van der Waals surface area contributed by atoms with Gasteiger partial charge in [-0.3, -0.25) is 9.59 Å². The van der Waals surface area contributed by atoms with Crippen molar-refractivity contribution in [3.63, 3.8) is 0 Å². The summed E-state index contributed by atoms with van der Waals surface area (Å²) < 4.78 is 16.4. The van der Waals surface area contributed by atoms with Crippen molar-refractivity contribution in [3.8, 4) is 0 Å². The first-order valence-corrected chi connectivity index (χ1v) is 7.00. The average molecular weight is 270 g/mol. The maximum absolute atomic E-state index is 12.0. The summed E-state index contributed by atoms with van der Waals surface area (Å²) in [6.45, 7) is 2.42. The van der Waals surface area contributed by atoms with E-state index in [4.69, 9.17) is 9.47 Å². The first-order valence-electron chi connectivity index (χ1n) is 7.00. The number of Topliss-reactive ketones (excluding diaryl/α,β-unsaturated/α-hetero) is 1. The number of ketones is 1. The second kappa shape index (κ2) is 6.01. The van der Waals surface area contributed by atoms with Crippen LogP contribution in [0.3, 0.4) is 0 Å². The van der Waals surface area contributed by atoms with Gasteiger partial charge < -0.3 is 14.2 Å². The molecular formula is C14H22O5. The summed E-state index contributed by atoms with van der Waals surface area (Å²) in [4.78, 5) is 23.3. The maximum atomic E-state index is 12.0. The highest BCUT2D eigenvalue weighted by molar-refractivity contribution is 5.82. The highest BCUT2D eigenvalue weighted by Gasteiger charge is 2.45. The molecule has 0 aliphatic carbocycles. The third-order valence-electron chi connectivity index (χ3n) is 4.03. The predicted molar refractivity (Wildman–Crippen MR) is 67.4 cm³/mol. The van der Waals surface area contributed by atoms with Gasteiger partial charge in [-0.25, -0.2) is 0 Å². The van der Waals surface area contributed by atoms with Gasteiger partial charge in [0, 0.05) is 12.3 Å². The van der Waals surface area contributed by atoms with E-state index in [1.54, 1.807) is 0 Å². The minimum atomic E-state index is -0.792. The molecule has 5 nitrogen and oxygen atoms in total. The van der Waals surface area contributed by atoms with Crippen molar-refractivity contribution in [2.45, 2.75) is 57.3 Å². The van der Waals surface area contributed by atoms with Crippen molar-refractivity contribution in [1.29, 1.82) is 0 Å². The Kier molecular flexibility index (Phi) is 4.58. The van der Waals surface area contributed by atoms with Gasteiger partial charge >= 0.3 is 5.97 Å². The molecule has 2 rings (SSSR count). The molecule has 108 valence electrons. The molecule has 0 saturated carbocycles. The molecule has 0 bridgehead atoms. The van der Waals surface area contributed by atoms with E-state index >= 15 is 0 Å². The molecular weight excluding hydrogens is 248 g/mol. The zero-order valence-electron chi connectivity index (χ0n) is 11.6. The molecule has 5 heteroatoms. The van der Waals surface area contributed by atoms with E-state index in [0.717, 1.165) is 25.7 Å². The van der Waals surface area contributed by atoms with E-state index in [1.165, 1.54) is 7.11 Å². The Bertz CT molecular complexity index is 354. The lowest BCUT2D eigenvalue weighted by Gasteiger charge is -2.44. The van der Waals surface area contributed by atoms with Gasteiger partial charge in [-0.2, -0.15) is 0 Å². The Morgan fingerprint density at radius 2 is 2.32 bits per heavy atom. The Labute approximate surface area is 113 Å². The Hall–Kier alpha value is -0.940. The number of ether oxygens (including phenoxy) is 3. The van der Waals surface area contributed by atoms with Gasteiger partial charge in [0.2, 0.25) is 0 Å². The van der Waals surface area contributed by atoms with Crippen LogP contribution in [-0.4, -0.2) is 37.4 Å². The number of hydrogen-bond acceptors (Lipinski definition) is 5. The summed E-state index contributed by atoms with van der Waals surface area (Å²) in [5, 5.41) is 0. The second-order valence-corrected chi connectivity index (χ2v) is 5.38. The average Bonchev–Trinajstić information content (AvgIpc) is 2.39. The molecule has 0 aromatic rings. The van der Waals surface area contributed by atoms with E-state index in [9.17, 15) is 9.59 Å². The minimum absolute atomic E-state index is 0.00444. The van der Waals surface area contributed by atoms with Crippen LogP contribution in [0, 0.1) is 5.92 Å². The highest BCUT2D eigenvalue weighted by atomic mass is 16.7. The fourth-order valence-electron chi connectivity index (χ4n) is 2.82. The third-order valence-corrected chi connectivity index (χ3v) is 4.03. The van der Waals surface area contributed by atoms with Crippen molar-refractivity contribution in [2.75, 3.05) is 13.7 Å². The van der Waals surface area contributed by atoms with Crippen LogP contribution in [0.5, 0.6) is 0 Å². The van der Waals surface area contributed by atoms with Crippen LogP contribution in [0.15, 0.2) is 0 Å². The Morgan fingerprint density at radius 1 is 1.53 bits per heavy atom. The number of rotatable bonds is 3. The highest BCUT2D eigenvalue weighted by Crippen LogP contribution is 2.38. The quantitative estimate of drug-likeness (QED) is 0.732. The number of hydrogen-bond donors (Lipinski definition) is 0. The molecule has 19 heavy (non-hydrogen) atoms. The largest absolute Gasteiger partial charge is 0.469 e. The molecule has 0 N–H and O–H groups in total. The van der Waals surface area contributed by atoms with Crippen molar-refractivity contribution in [3.05, 3.63) is 0 Å². The van der Waals surface area contributed by atoms with E-state index in [2.05, 4.69) is 4.74 Å². The Balaban J connectivity index is 1.96. The molecule has 1 spiro atoms. The first-order chi connectivity index (χ1) is 9.08. The van der Waals surface area contributed by atoms with Crippen molar-refractivity contribution in [2.24, 2.45) is 5.92 Å². The molecule has 2 aliphatic heterocycles. The molecule has 3 atom stereocenters. The van der Waals surface area contributed by atoms with Crippen LogP contribution in [0.1, 0.15) is 45.4 Å². The molecule has 0 amide bonds.